The lowest BCUT2D eigenvalue weighted by molar-refractivity contribution is 0.0525. The van der Waals surface area contributed by atoms with E-state index in [9.17, 15) is 9.59 Å². The smallest absolute Gasteiger partial charge is 0.407 e. The molecule has 2 fully saturated rings. The van der Waals surface area contributed by atoms with Gasteiger partial charge in [0.15, 0.2) is 0 Å². The molecule has 1 aliphatic heterocycles. The molecule has 230 valence electrons. The van der Waals surface area contributed by atoms with Gasteiger partial charge in [0.2, 0.25) is 0 Å². The van der Waals surface area contributed by atoms with E-state index >= 15 is 0 Å². The van der Waals surface area contributed by atoms with Crippen LogP contribution in [0.25, 0.3) is 0 Å². The van der Waals surface area contributed by atoms with Crippen molar-refractivity contribution in [2.45, 2.75) is 117 Å². The van der Waals surface area contributed by atoms with Gasteiger partial charge in [0.05, 0.1) is 0 Å². The number of benzene rings is 1. The Balaban J connectivity index is 0.000000343. The fourth-order valence-corrected chi connectivity index (χ4v) is 4.97. The van der Waals surface area contributed by atoms with Crippen molar-refractivity contribution in [3.8, 4) is 0 Å². The number of alkyl halides is 1. The SMILES string of the molecule is CC1CCN(CCCNC(=O)OC(C)(C)C)CC1.CCCCBr.O=C(NC1CCCCC1)OCc1ccccc1. The lowest BCUT2D eigenvalue weighted by Crippen LogP contribution is -2.36. The molecule has 0 bridgehead atoms. The number of carbonyl (C=O) groups excluding carboxylic acids is 2. The largest absolute Gasteiger partial charge is 0.445 e. The van der Waals surface area contributed by atoms with E-state index in [1.807, 2.05) is 51.1 Å². The van der Waals surface area contributed by atoms with Crippen LogP contribution in [0.2, 0.25) is 0 Å². The number of nitrogens with zero attached hydrogens (tertiary/aromatic N) is 1. The van der Waals surface area contributed by atoms with Gasteiger partial charge in [-0.1, -0.05) is 85.8 Å². The third kappa shape index (κ3) is 20.1. The predicted molar refractivity (Wildman–Crippen MR) is 169 cm³/mol. The summed E-state index contributed by atoms with van der Waals surface area (Å²) in [4.78, 5) is 25.4. The Bertz CT molecular complexity index is 772. The summed E-state index contributed by atoms with van der Waals surface area (Å²) < 4.78 is 10.4. The van der Waals surface area contributed by atoms with Gasteiger partial charge in [-0.2, -0.15) is 0 Å². The summed E-state index contributed by atoms with van der Waals surface area (Å²) in [6, 6.07) is 10.1. The number of ether oxygens (including phenoxy) is 2. The van der Waals surface area contributed by atoms with Crippen LogP contribution in [0, 0.1) is 5.92 Å². The molecule has 7 nitrogen and oxygen atoms in total. The van der Waals surface area contributed by atoms with Crippen molar-refractivity contribution in [2.75, 3.05) is 31.5 Å². The fraction of sp³-hybridized carbons (Fsp3) is 0.750. The van der Waals surface area contributed by atoms with Crippen LogP contribution in [0.1, 0.15) is 104 Å². The molecule has 1 aliphatic carbocycles. The molecule has 1 aromatic carbocycles. The maximum absolute atomic E-state index is 11.6. The molecule has 0 aromatic heterocycles. The molecule has 0 radical (unpaired) electrons. The summed E-state index contributed by atoms with van der Waals surface area (Å²) in [5.74, 6) is 0.876. The van der Waals surface area contributed by atoms with E-state index in [1.165, 1.54) is 58.0 Å². The molecule has 40 heavy (non-hydrogen) atoms. The Hall–Kier alpha value is -1.80. The summed E-state index contributed by atoms with van der Waals surface area (Å²) >= 11 is 3.31. The highest BCUT2D eigenvalue weighted by atomic mass is 79.9. The van der Waals surface area contributed by atoms with Gasteiger partial charge >= 0.3 is 12.2 Å². The normalized spacial score (nSPS) is 16.4. The first-order chi connectivity index (χ1) is 19.1. The van der Waals surface area contributed by atoms with Gasteiger partial charge in [-0.25, -0.2) is 9.59 Å². The van der Waals surface area contributed by atoms with Crippen LogP contribution >= 0.6 is 15.9 Å². The van der Waals surface area contributed by atoms with Gasteiger partial charge in [-0.3, -0.25) is 0 Å². The Morgan fingerprint density at radius 3 is 2.17 bits per heavy atom. The molecule has 2 aliphatic rings. The fourth-order valence-electron chi connectivity index (χ4n) is 4.40. The topological polar surface area (TPSA) is 79.9 Å². The second-order valence-electron chi connectivity index (χ2n) is 11.9. The van der Waals surface area contributed by atoms with Crippen molar-refractivity contribution in [3.63, 3.8) is 0 Å². The van der Waals surface area contributed by atoms with Gasteiger partial charge in [0.25, 0.3) is 0 Å². The molecule has 0 atom stereocenters. The monoisotopic (exact) mass is 625 g/mol. The summed E-state index contributed by atoms with van der Waals surface area (Å²) in [7, 11) is 0. The van der Waals surface area contributed by atoms with Crippen LogP contribution < -0.4 is 10.6 Å². The molecule has 0 unspecified atom stereocenters. The first kappa shape index (κ1) is 36.2. The Morgan fingerprint density at radius 2 is 1.62 bits per heavy atom. The van der Waals surface area contributed by atoms with Crippen LogP contribution in [0.3, 0.4) is 0 Å². The number of hydrogen-bond donors (Lipinski definition) is 2. The number of hydrogen-bond acceptors (Lipinski definition) is 5. The minimum absolute atomic E-state index is 0.291. The highest BCUT2D eigenvalue weighted by Crippen LogP contribution is 2.18. The minimum atomic E-state index is -0.410. The molecule has 1 saturated carbocycles. The average molecular weight is 627 g/mol. The third-order valence-electron chi connectivity index (χ3n) is 6.82. The molecule has 0 spiro atoms. The van der Waals surface area contributed by atoms with Gasteiger partial charge < -0.3 is 25.0 Å². The summed E-state index contributed by atoms with van der Waals surface area (Å²) in [5, 5.41) is 6.88. The van der Waals surface area contributed by atoms with Crippen LogP contribution in [-0.2, 0) is 16.1 Å². The number of likely N-dealkylation sites (tertiary alicyclic amines) is 1. The van der Waals surface area contributed by atoms with Crippen molar-refractivity contribution in [2.24, 2.45) is 5.92 Å². The van der Waals surface area contributed by atoms with Crippen molar-refractivity contribution in [3.05, 3.63) is 35.9 Å². The number of unbranched alkanes of at least 4 members (excludes halogenated alkanes) is 1. The summed E-state index contributed by atoms with van der Waals surface area (Å²) in [5.41, 5.74) is 0.610. The zero-order chi connectivity index (χ0) is 29.6. The van der Waals surface area contributed by atoms with Crippen LogP contribution in [0.4, 0.5) is 9.59 Å². The average Bonchev–Trinajstić information content (AvgIpc) is 2.92. The van der Waals surface area contributed by atoms with E-state index < -0.39 is 5.60 Å². The van der Waals surface area contributed by atoms with Gasteiger partial charge in [0.1, 0.15) is 12.2 Å². The number of carbonyl (C=O) groups is 2. The molecule has 2 amide bonds. The first-order valence-electron chi connectivity index (χ1n) is 15.3. The number of alkyl carbamates (subject to hydrolysis) is 2. The van der Waals surface area contributed by atoms with Gasteiger partial charge in [-0.05, 0) is 90.4 Å². The highest BCUT2D eigenvalue weighted by Gasteiger charge is 2.17. The molecule has 1 aromatic rings. The molecule has 1 heterocycles. The van der Waals surface area contributed by atoms with Crippen molar-refractivity contribution in [1.29, 1.82) is 0 Å². The molecular weight excluding hydrogens is 570 g/mol. The second-order valence-corrected chi connectivity index (χ2v) is 12.7. The Labute approximate surface area is 252 Å². The number of halogens is 1. The number of amides is 2. The van der Waals surface area contributed by atoms with Gasteiger partial charge in [0, 0.05) is 17.9 Å². The predicted octanol–water partition coefficient (Wildman–Crippen LogP) is 8.06. The van der Waals surface area contributed by atoms with E-state index in [2.05, 4.69) is 45.3 Å². The molecule has 2 N–H and O–H groups in total. The Kier molecular flexibility index (Phi) is 19.8. The number of nitrogens with one attached hydrogen (secondary N) is 2. The third-order valence-corrected chi connectivity index (χ3v) is 7.38. The lowest BCUT2D eigenvalue weighted by atomic mass is 9.96. The summed E-state index contributed by atoms with van der Waals surface area (Å²) in [6.45, 7) is 14.6. The molecule has 3 rings (SSSR count). The molecular formula is C32H56BrN3O4. The van der Waals surface area contributed by atoms with Crippen LogP contribution in [-0.4, -0.2) is 60.2 Å². The van der Waals surface area contributed by atoms with Crippen molar-refractivity contribution >= 4 is 28.1 Å². The first-order valence-corrected chi connectivity index (χ1v) is 16.5. The van der Waals surface area contributed by atoms with Crippen LogP contribution in [0.5, 0.6) is 0 Å². The number of piperidine rings is 1. The second kappa shape index (κ2) is 21.9. The van der Waals surface area contributed by atoms with Gasteiger partial charge in [-0.15, -0.1) is 0 Å². The van der Waals surface area contributed by atoms with E-state index in [1.54, 1.807) is 0 Å². The van der Waals surface area contributed by atoms with E-state index in [0.717, 1.165) is 42.6 Å². The summed E-state index contributed by atoms with van der Waals surface area (Å²) in [6.07, 6.45) is 11.5. The zero-order valence-electron chi connectivity index (χ0n) is 25.8. The zero-order valence-corrected chi connectivity index (χ0v) is 27.4. The standard InChI is InChI=1S/C14H28N2O2.C14H19NO2.C4H9Br/c1-12-6-10-16(11-7-12)9-5-8-15-13(17)18-14(2,3)4;16-14(15-13-9-5-2-6-10-13)17-11-12-7-3-1-4-8-12;1-2-3-4-5/h12H,5-11H2,1-4H3,(H,15,17);1,3-4,7-8,13H,2,5-6,9-11H2,(H,15,16);2-4H2,1H3. The molecule has 1 saturated heterocycles. The van der Waals surface area contributed by atoms with Crippen molar-refractivity contribution < 1.29 is 19.1 Å². The highest BCUT2D eigenvalue weighted by molar-refractivity contribution is 9.09. The van der Waals surface area contributed by atoms with E-state index in [-0.39, 0.29) is 12.2 Å². The van der Waals surface area contributed by atoms with E-state index in [0.29, 0.717) is 19.2 Å². The minimum Gasteiger partial charge on any atom is -0.445 e. The molecule has 8 heteroatoms. The van der Waals surface area contributed by atoms with E-state index in [4.69, 9.17) is 9.47 Å². The quantitative estimate of drug-likeness (QED) is 0.214. The maximum atomic E-state index is 11.6. The van der Waals surface area contributed by atoms with Crippen molar-refractivity contribution in [1.82, 2.24) is 15.5 Å². The maximum Gasteiger partial charge on any atom is 0.407 e. The lowest BCUT2D eigenvalue weighted by Gasteiger charge is -2.30. The number of rotatable bonds is 9. The van der Waals surface area contributed by atoms with Crippen LogP contribution in [0.15, 0.2) is 30.3 Å². The Morgan fingerprint density at radius 1 is 0.975 bits per heavy atom.